The van der Waals surface area contributed by atoms with Crippen LogP contribution < -0.4 is 5.32 Å². The molecule has 54 valence electrons. The van der Waals surface area contributed by atoms with Crippen LogP contribution in [-0.2, 0) is 0 Å². The second kappa shape index (κ2) is 3.49. The summed E-state index contributed by atoms with van der Waals surface area (Å²) >= 11 is 1.48. The standard InChI is InChI=1S/C7H9NOS/c1-8-5-6(9)7-3-2-4-10-7/h2-4,8H,5H2,1H3. The van der Waals surface area contributed by atoms with Gasteiger partial charge in [0.1, 0.15) is 0 Å². The van der Waals surface area contributed by atoms with Crippen molar-refractivity contribution < 1.29 is 4.79 Å². The van der Waals surface area contributed by atoms with E-state index in [9.17, 15) is 4.79 Å². The minimum Gasteiger partial charge on any atom is -0.313 e. The summed E-state index contributed by atoms with van der Waals surface area (Å²) in [6.07, 6.45) is 0. The molecule has 3 heteroatoms. The Hall–Kier alpha value is -0.670. The monoisotopic (exact) mass is 155 g/mol. The number of hydrogen-bond donors (Lipinski definition) is 1. The van der Waals surface area contributed by atoms with Crippen LogP contribution in [0.1, 0.15) is 9.67 Å². The smallest absolute Gasteiger partial charge is 0.186 e. The first-order valence-electron chi connectivity index (χ1n) is 3.06. The molecule has 1 N–H and O–H groups in total. The van der Waals surface area contributed by atoms with E-state index < -0.39 is 0 Å². The first kappa shape index (κ1) is 7.44. The first-order chi connectivity index (χ1) is 4.84. The molecule has 0 aliphatic rings. The van der Waals surface area contributed by atoms with Crippen molar-refractivity contribution in [3.63, 3.8) is 0 Å². The Kier molecular flexibility index (Phi) is 2.59. The third kappa shape index (κ3) is 1.65. The van der Waals surface area contributed by atoms with Gasteiger partial charge in [0.05, 0.1) is 11.4 Å². The normalized spacial score (nSPS) is 9.70. The quantitative estimate of drug-likeness (QED) is 0.663. The van der Waals surface area contributed by atoms with Crippen molar-refractivity contribution in [1.29, 1.82) is 0 Å². The Morgan fingerprint density at radius 2 is 2.60 bits per heavy atom. The highest BCUT2D eigenvalue weighted by atomic mass is 32.1. The number of likely N-dealkylation sites (N-methyl/N-ethyl adjacent to an activating group) is 1. The molecule has 0 bridgehead atoms. The number of nitrogens with one attached hydrogen (secondary N) is 1. The highest BCUT2D eigenvalue weighted by Crippen LogP contribution is 2.07. The van der Waals surface area contributed by atoms with E-state index in [1.807, 2.05) is 17.5 Å². The second-order valence-electron chi connectivity index (χ2n) is 1.93. The molecule has 0 aliphatic heterocycles. The predicted molar refractivity (Wildman–Crippen MR) is 42.6 cm³/mol. The lowest BCUT2D eigenvalue weighted by Gasteiger charge is -1.92. The zero-order valence-electron chi connectivity index (χ0n) is 5.76. The number of Topliss-reactive ketones (excluding diaryl/α,β-unsaturated/α-hetero) is 1. The van der Waals surface area contributed by atoms with Crippen LogP contribution in [-0.4, -0.2) is 19.4 Å². The molecule has 0 unspecified atom stereocenters. The topological polar surface area (TPSA) is 29.1 Å². The first-order valence-corrected chi connectivity index (χ1v) is 3.94. The molecule has 0 atom stereocenters. The van der Waals surface area contributed by atoms with E-state index >= 15 is 0 Å². The molecule has 0 amide bonds. The van der Waals surface area contributed by atoms with Crippen LogP contribution >= 0.6 is 11.3 Å². The van der Waals surface area contributed by atoms with Crippen LogP contribution in [0.5, 0.6) is 0 Å². The Morgan fingerprint density at radius 1 is 1.80 bits per heavy atom. The molecule has 1 aromatic rings. The number of ketones is 1. The summed E-state index contributed by atoms with van der Waals surface area (Å²) in [5.74, 6) is 0.164. The summed E-state index contributed by atoms with van der Waals surface area (Å²) in [5, 5.41) is 4.72. The number of hydrogen-bond acceptors (Lipinski definition) is 3. The molecule has 0 saturated heterocycles. The third-order valence-electron chi connectivity index (χ3n) is 1.13. The highest BCUT2D eigenvalue weighted by molar-refractivity contribution is 7.12. The maximum atomic E-state index is 11.1. The van der Waals surface area contributed by atoms with Crippen LogP contribution in [0.2, 0.25) is 0 Å². The van der Waals surface area contributed by atoms with Crippen LogP contribution in [0.15, 0.2) is 17.5 Å². The van der Waals surface area contributed by atoms with Crippen molar-refractivity contribution in [1.82, 2.24) is 5.32 Å². The molecule has 10 heavy (non-hydrogen) atoms. The molecule has 1 rings (SSSR count). The molecule has 2 nitrogen and oxygen atoms in total. The zero-order valence-corrected chi connectivity index (χ0v) is 6.57. The SMILES string of the molecule is CNCC(=O)c1cccs1. The average Bonchev–Trinajstić information content (AvgIpc) is 2.38. The fourth-order valence-corrected chi connectivity index (χ4v) is 1.35. The minimum atomic E-state index is 0.164. The van der Waals surface area contributed by atoms with Gasteiger partial charge in [0.2, 0.25) is 0 Å². The molecule has 0 saturated carbocycles. The van der Waals surface area contributed by atoms with Crippen LogP contribution in [0.3, 0.4) is 0 Å². The van der Waals surface area contributed by atoms with Crippen molar-refractivity contribution in [2.45, 2.75) is 0 Å². The maximum Gasteiger partial charge on any atom is 0.186 e. The molecule has 0 radical (unpaired) electrons. The van der Waals surface area contributed by atoms with Crippen LogP contribution in [0.4, 0.5) is 0 Å². The van der Waals surface area contributed by atoms with Crippen molar-refractivity contribution in [3.05, 3.63) is 22.4 Å². The fraction of sp³-hybridized carbons (Fsp3) is 0.286. The van der Waals surface area contributed by atoms with Crippen LogP contribution in [0, 0.1) is 0 Å². The number of thiophene rings is 1. The van der Waals surface area contributed by atoms with Crippen molar-refractivity contribution >= 4 is 17.1 Å². The van der Waals surface area contributed by atoms with E-state index in [4.69, 9.17) is 0 Å². The highest BCUT2D eigenvalue weighted by Gasteiger charge is 2.02. The molecule has 0 aromatic carbocycles. The minimum absolute atomic E-state index is 0.164. The van der Waals surface area contributed by atoms with Crippen molar-refractivity contribution in [2.24, 2.45) is 0 Å². The summed E-state index contributed by atoms with van der Waals surface area (Å²) in [6.45, 7) is 0.431. The lowest BCUT2D eigenvalue weighted by molar-refractivity contribution is 0.0997. The lowest BCUT2D eigenvalue weighted by Crippen LogP contribution is -2.17. The Morgan fingerprint density at radius 3 is 3.10 bits per heavy atom. The van der Waals surface area contributed by atoms with Gasteiger partial charge in [-0.15, -0.1) is 11.3 Å². The van der Waals surface area contributed by atoms with E-state index in [1.54, 1.807) is 7.05 Å². The molecule has 0 spiro atoms. The Balaban J connectivity index is 2.59. The summed E-state index contributed by atoms with van der Waals surface area (Å²) in [7, 11) is 1.77. The van der Waals surface area contributed by atoms with Gasteiger partial charge in [-0.3, -0.25) is 4.79 Å². The molecule has 1 heterocycles. The van der Waals surface area contributed by atoms with Gasteiger partial charge in [-0.1, -0.05) is 6.07 Å². The van der Waals surface area contributed by atoms with Gasteiger partial charge in [-0.2, -0.15) is 0 Å². The molecule has 1 aromatic heterocycles. The van der Waals surface area contributed by atoms with Gasteiger partial charge in [0, 0.05) is 0 Å². The number of carbonyl (C=O) groups excluding carboxylic acids is 1. The Labute approximate surface area is 63.9 Å². The lowest BCUT2D eigenvalue weighted by atomic mass is 10.3. The summed E-state index contributed by atoms with van der Waals surface area (Å²) in [6, 6.07) is 3.72. The van der Waals surface area contributed by atoms with Crippen molar-refractivity contribution in [2.75, 3.05) is 13.6 Å². The largest absolute Gasteiger partial charge is 0.313 e. The van der Waals surface area contributed by atoms with E-state index in [0.717, 1.165) is 4.88 Å². The van der Waals surface area contributed by atoms with E-state index in [0.29, 0.717) is 6.54 Å². The van der Waals surface area contributed by atoms with Crippen molar-refractivity contribution in [3.8, 4) is 0 Å². The summed E-state index contributed by atoms with van der Waals surface area (Å²) < 4.78 is 0. The molecule has 0 aliphatic carbocycles. The zero-order chi connectivity index (χ0) is 7.40. The van der Waals surface area contributed by atoms with Gasteiger partial charge in [-0.25, -0.2) is 0 Å². The van der Waals surface area contributed by atoms with Gasteiger partial charge in [0.25, 0.3) is 0 Å². The summed E-state index contributed by atoms with van der Waals surface area (Å²) in [5.41, 5.74) is 0. The van der Waals surface area contributed by atoms with Gasteiger partial charge < -0.3 is 5.32 Å². The Bertz CT molecular complexity index is 205. The maximum absolute atomic E-state index is 11.1. The van der Waals surface area contributed by atoms with E-state index in [2.05, 4.69) is 5.32 Å². The number of carbonyl (C=O) groups is 1. The number of rotatable bonds is 3. The van der Waals surface area contributed by atoms with E-state index in [-0.39, 0.29) is 5.78 Å². The summed E-state index contributed by atoms with van der Waals surface area (Å²) in [4.78, 5) is 11.9. The molecule has 0 fully saturated rings. The third-order valence-corrected chi connectivity index (χ3v) is 2.04. The van der Waals surface area contributed by atoms with E-state index in [1.165, 1.54) is 11.3 Å². The average molecular weight is 155 g/mol. The second-order valence-corrected chi connectivity index (χ2v) is 2.88. The van der Waals surface area contributed by atoms with Gasteiger partial charge in [-0.05, 0) is 18.5 Å². The molecular formula is C7H9NOS. The molecular weight excluding hydrogens is 146 g/mol. The van der Waals surface area contributed by atoms with Crippen LogP contribution in [0.25, 0.3) is 0 Å². The predicted octanol–water partition coefficient (Wildman–Crippen LogP) is 1.15. The van der Waals surface area contributed by atoms with Gasteiger partial charge in [0.15, 0.2) is 5.78 Å². The fourth-order valence-electron chi connectivity index (χ4n) is 0.685. The van der Waals surface area contributed by atoms with Gasteiger partial charge >= 0.3 is 0 Å².